The van der Waals surface area contributed by atoms with Crippen LogP contribution < -0.4 is 34.7 Å². The van der Waals surface area contributed by atoms with E-state index in [4.69, 9.17) is 0 Å². The standard InChI is InChI=1S/C24H49NO2.Na/c1-4-6-8-10-12-14-16-21-25(23(3)19-18-20-24(26)27)22-17-15-13-11-9-7-5-2;/h23H,4-22H2,1-3H3,(H,26,27);/q;+1/p-1. The van der Waals surface area contributed by atoms with Crippen LogP contribution in [-0.4, -0.2) is 30.0 Å². The van der Waals surface area contributed by atoms with Gasteiger partial charge >= 0.3 is 29.6 Å². The van der Waals surface area contributed by atoms with Gasteiger partial charge in [0.2, 0.25) is 0 Å². The zero-order valence-corrected chi connectivity index (χ0v) is 21.8. The number of hydrogen-bond donors (Lipinski definition) is 0. The number of carboxylic acids is 1. The van der Waals surface area contributed by atoms with Crippen LogP contribution in [-0.2, 0) is 4.79 Å². The van der Waals surface area contributed by atoms with Gasteiger partial charge in [-0.15, -0.1) is 0 Å². The summed E-state index contributed by atoms with van der Waals surface area (Å²) in [5, 5.41) is 10.7. The maximum absolute atomic E-state index is 10.7. The van der Waals surface area contributed by atoms with E-state index in [0.29, 0.717) is 6.04 Å². The summed E-state index contributed by atoms with van der Waals surface area (Å²) in [5.41, 5.74) is 0. The number of rotatable bonds is 21. The van der Waals surface area contributed by atoms with Crippen molar-refractivity contribution in [1.82, 2.24) is 4.90 Å². The summed E-state index contributed by atoms with van der Waals surface area (Å²) in [6.07, 6.45) is 20.8. The van der Waals surface area contributed by atoms with Crippen molar-refractivity contribution in [1.29, 1.82) is 0 Å². The average molecular weight is 406 g/mol. The molecule has 0 aliphatic rings. The Morgan fingerprint density at radius 2 is 1.11 bits per heavy atom. The molecule has 0 aromatic rings. The van der Waals surface area contributed by atoms with Crippen LogP contribution in [0.2, 0.25) is 0 Å². The fourth-order valence-electron chi connectivity index (χ4n) is 3.82. The SMILES string of the molecule is CCCCCCCCCN(CCCCCCCCC)C(C)CCCC(=O)[O-].[Na+]. The second-order valence-electron chi connectivity index (χ2n) is 8.39. The topological polar surface area (TPSA) is 43.4 Å². The van der Waals surface area contributed by atoms with E-state index in [1.54, 1.807) is 0 Å². The van der Waals surface area contributed by atoms with Crippen LogP contribution in [0.15, 0.2) is 0 Å². The zero-order valence-electron chi connectivity index (χ0n) is 19.8. The molecule has 0 aromatic heterocycles. The number of hydrogen-bond acceptors (Lipinski definition) is 3. The molecule has 0 radical (unpaired) electrons. The number of carboxylic acid groups (broad SMARTS) is 1. The fourth-order valence-corrected chi connectivity index (χ4v) is 3.82. The van der Waals surface area contributed by atoms with E-state index in [9.17, 15) is 9.90 Å². The molecule has 3 nitrogen and oxygen atoms in total. The van der Waals surface area contributed by atoms with Crippen LogP contribution in [0, 0.1) is 0 Å². The van der Waals surface area contributed by atoms with Gasteiger partial charge < -0.3 is 14.8 Å². The molecular weight excluding hydrogens is 357 g/mol. The number of nitrogens with zero attached hydrogens (tertiary/aromatic N) is 1. The van der Waals surface area contributed by atoms with Crippen molar-refractivity contribution in [3.05, 3.63) is 0 Å². The first kappa shape index (κ1) is 30.6. The quantitative estimate of drug-likeness (QED) is 0.218. The minimum absolute atomic E-state index is 0. The Balaban J connectivity index is 0. The maximum Gasteiger partial charge on any atom is 1.00 e. The van der Waals surface area contributed by atoms with Gasteiger partial charge in [-0.1, -0.05) is 90.9 Å². The molecule has 0 spiro atoms. The van der Waals surface area contributed by atoms with E-state index in [2.05, 4.69) is 25.7 Å². The van der Waals surface area contributed by atoms with Crippen molar-refractivity contribution in [2.45, 2.75) is 136 Å². The number of carbonyl (C=O) groups is 1. The number of unbranched alkanes of at least 4 members (excludes halogenated alkanes) is 12. The Morgan fingerprint density at radius 3 is 1.50 bits per heavy atom. The molecule has 0 aliphatic heterocycles. The second-order valence-corrected chi connectivity index (χ2v) is 8.39. The Bertz CT molecular complexity index is 308. The molecule has 4 heteroatoms. The molecule has 0 saturated carbocycles. The minimum atomic E-state index is -0.909. The van der Waals surface area contributed by atoms with Crippen molar-refractivity contribution >= 4 is 5.97 Å². The molecule has 0 N–H and O–H groups in total. The molecule has 0 amide bonds. The Morgan fingerprint density at radius 1 is 0.714 bits per heavy atom. The van der Waals surface area contributed by atoms with Crippen LogP contribution in [0.4, 0.5) is 0 Å². The molecule has 0 bridgehead atoms. The van der Waals surface area contributed by atoms with E-state index in [-0.39, 0.29) is 36.0 Å². The molecule has 0 aromatic carbocycles. The average Bonchev–Trinajstić information content (AvgIpc) is 2.64. The Kier molecular flexibility index (Phi) is 25.9. The van der Waals surface area contributed by atoms with Gasteiger partial charge in [-0.05, 0) is 52.1 Å². The smallest absolute Gasteiger partial charge is 0.550 e. The molecule has 28 heavy (non-hydrogen) atoms. The maximum atomic E-state index is 10.7. The van der Waals surface area contributed by atoms with Crippen LogP contribution in [0.25, 0.3) is 0 Å². The van der Waals surface area contributed by atoms with Gasteiger partial charge in [0.15, 0.2) is 0 Å². The predicted molar refractivity (Wildman–Crippen MR) is 116 cm³/mol. The van der Waals surface area contributed by atoms with Crippen molar-refractivity contribution in [2.24, 2.45) is 0 Å². The van der Waals surface area contributed by atoms with E-state index in [1.165, 1.54) is 103 Å². The third-order valence-electron chi connectivity index (χ3n) is 5.72. The predicted octanol–water partition coefficient (Wildman–Crippen LogP) is 3.10. The molecule has 162 valence electrons. The Hall–Kier alpha value is 0.430. The third kappa shape index (κ3) is 21.1. The van der Waals surface area contributed by atoms with Gasteiger partial charge in [0, 0.05) is 12.0 Å². The van der Waals surface area contributed by atoms with Crippen LogP contribution >= 0.6 is 0 Å². The van der Waals surface area contributed by atoms with Gasteiger partial charge in [-0.2, -0.15) is 0 Å². The first-order chi connectivity index (χ1) is 13.1. The molecule has 0 aliphatic carbocycles. The van der Waals surface area contributed by atoms with Gasteiger partial charge in [-0.3, -0.25) is 0 Å². The number of aliphatic carboxylic acids is 1. The van der Waals surface area contributed by atoms with E-state index in [0.717, 1.165) is 12.8 Å². The first-order valence-electron chi connectivity index (χ1n) is 12.1. The van der Waals surface area contributed by atoms with Crippen molar-refractivity contribution in [3.63, 3.8) is 0 Å². The van der Waals surface area contributed by atoms with E-state index < -0.39 is 5.97 Å². The largest absolute Gasteiger partial charge is 1.00 e. The molecule has 0 fully saturated rings. The first-order valence-corrected chi connectivity index (χ1v) is 12.1. The summed E-state index contributed by atoms with van der Waals surface area (Å²) >= 11 is 0. The van der Waals surface area contributed by atoms with E-state index in [1.807, 2.05) is 0 Å². The summed E-state index contributed by atoms with van der Waals surface area (Å²) in [7, 11) is 0. The molecule has 0 rings (SSSR count). The minimum Gasteiger partial charge on any atom is -0.550 e. The Labute approximate surface area is 198 Å². The van der Waals surface area contributed by atoms with Gasteiger partial charge in [0.1, 0.15) is 0 Å². The summed E-state index contributed by atoms with van der Waals surface area (Å²) in [6.45, 7) is 9.16. The van der Waals surface area contributed by atoms with Gasteiger partial charge in [0.05, 0.1) is 0 Å². The fraction of sp³-hybridized carbons (Fsp3) is 0.958. The summed E-state index contributed by atoms with van der Waals surface area (Å²) in [5.74, 6) is -0.909. The van der Waals surface area contributed by atoms with Gasteiger partial charge in [0.25, 0.3) is 0 Å². The van der Waals surface area contributed by atoms with Crippen LogP contribution in [0.1, 0.15) is 130 Å². The normalized spacial score (nSPS) is 12.1. The molecule has 0 saturated heterocycles. The van der Waals surface area contributed by atoms with Crippen LogP contribution in [0.5, 0.6) is 0 Å². The van der Waals surface area contributed by atoms with E-state index >= 15 is 0 Å². The van der Waals surface area contributed by atoms with Crippen LogP contribution in [0.3, 0.4) is 0 Å². The monoisotopic (exact) mass is 405 g/mol. The van der Waals surface area contributed by atoms with Crippen molar-refractivity contribution < 1.29 is 39.5 Å². The van der Waals surface area contributed by atoms with Crippen molar-refractivity contribution in [2.75, 3.05) is 13.1 Å². The summed E-state index contributed by atoms with van der Waals surface area (Å²) < 4.78 is 0. The van der Waals surface area contributed by atoms with Gasteiger partial charge in [-0.25, -0.2) is 0 Å². The third-order valence-corrected chi connectivity index (χ3v) is 5.72. The second kappa shape index (κ2) is 23.7. The molecule has 0 heterocycles. The summed E-state index contributed by atoms with van der Waals surface area (Å²) in [6, 6.07) is 0.490. The zero-order chi connectivity index (χ0) is 20.2. The molecular formula is C24H48NNaO2. The summed E-state index contributed by atoms with van der Waals surface area (Å²) in [4.78, 5) is 13.3. The molecule has 1 atom stereocenters. The molecule has 1 unspecified atom stereocenters. The van der Waals surface area contributed by atoms with Crippen molar-refractivity contribution in [3.8, 4) is 0 Å². The number of carbonyl (C=O) groups excluding carboxylic acids is 1.